The third-order valence-electron chi connectivity index (χ3n) is 0.395. The maximum Gasteiger partial charge on any atom is 0.0690 e. The Morgan fingerprint density at radius 2 is 1.50 bits per heavy atom. The standard InChI is InChI=1S/C2H4N4/c1-2-4-6-5-3-1/h1-2,5-6H. The highest BCUT2D eigenvalue weighted by atomic mass is 15.7. The van der Waals surface area contributed by atoms with Crippen LogP contribution in [0.15, 0.2) is 10.2 Å². The van der Waals surface area contributed by atoms with Crippen molar-refractivity contribution in [2.45, 2.75) is 0 Å². The Bertz CT molecular complexity index is 71.5. The van der Waals surface area contributed by atoms with Gasteiger partial charge in [-0.3, -0.25) is 0 Å². The Kier molecular flexibility index (Phi) is 0.731. The highest BCUT2D eigenvalue weighted by Crippen LogP contribution is 1.57. The zero-order valence-corrected chi connectivity index (χ0v) is 3.05. The van der Waals surface area contributed by atoms with E-state index in [1.165, 1.54) is 0 Å². The van der Waals surface area contributed by atoms with Gasteiger partial charge in [-0.2, -0.15) is 10.2 Å². The van der Waals surface area contributed by atoms with Crippen LogP contribution in [0, 0.1) is 0 Å². The smallest absolute Gasteiger partial charge is 0.0690 e. The molecule has 0 saturated heterocycles. The predicted octanol–water partition coefficient (Wildman–Crippen LogP) is -0.934. The SMILES string of the molecule is C1=NNNN=C1. The summed E-state index contributed by atoms with van der Waals surface area (Å²) in [4.78, 5) is 0. The highest BCUT2D eigenvalue weighted by molar-refractivity contribution is 6.16. The molecule has 0 spiro atoms. The Labute approximate surface area is 34.9 Å². The van der Waals surface area contributed by atoms with E-state index in [-0.39, 0.29) is 0 Å². The Morgan fingerprint density at radius 3 is 1.67 bits per heavy atom. The summed E-state index contributed by atoms with van der Waals surface area (Å²) in [6, 6.07) is 0. The van der Waals surface area contributed by atoms with Crippen molar-refractivity contribution >= 4 is 12.4 Å². The van der Waals surface area contributed by atoms with Gasteiger partial charge in [-0.05, 0) is 0 Å². The van der Waals surface area contributed by atoms with E-state index in [1.807, 2.05) is 0 Å². The molecule has 0 saturated carbocycles. The number of hydrazine groups is 1. The number of nitrogens with zero attached hydrogens (tertiary/aromatic N) is 2. The van der Waals surface area contributed by atoms with E-state index in [0.717, 1.165) is 0 Å². The van der Waals surface area contributed by atoms with Crippen molar-refractivity contribution in [3.63, 3.8) is 0 Å². The number of rotatable bonds is 0. The lowest BCUT2D eigenvalue weighted by atomic mass is 10.8. The minimum atomic E-state index is 1.55. The molecule has 1 rings (SSSR count). The minimum absolute atomic E-state index is 1.55. The third kappa shape index (κ3) is 0.453. The summed E-state index contributed by atoms with van der Waals surface area (Å²) in [7, 11) is 0. The second-order valence-corrected chi connectivity index (χ2v) is 0.780. The van der Waals surface area contributed by atoms with Crippen LogP contribution in [-0.4, -0.2) is 12.4 Å². The number of nitrogens with one attached hydrogen (secondary N) is 2. The van der Waals surface area contributed by atoms with Gasteiger partial charge in [-0.15, -0.1) is 0 Å². The van der Waals surface area contributed by atoms with Crippen LogP contribution < -0.4 is 11.1 Å². The van der Waals surface area contributed by atoms with Gasteiger partial charge in [-0.25, -0.2) is 11.1 Å². The molecule has 1 heterocycles. The van der Waals surface area contributed by atoms with Crippen LogP contribution in [0.5, 0.6) is 0 Å². The van der Waals surface area contributed by atoms with Gasteiger partial charge in [0.2, 0.25) is 0 Å². The highest BCUT2D eigenvalue weighted by Gasteiger charge is 1.71. The van der Waals surface area contributed by atoms with Crippen LogP contribution in [0.2, 0.25) is 0 Å². The van der Waals surface area contributed by atoms with E-state index < -0.39 is 0 Å². The molecule has 0 aromatic heterocycles. The van der Waals surface area contributed by atoms with Crippen molar-refractivity contribution in [3.05, 3.63) is 0 Å². The van der Waals surface area contributed by atoms with Crippen LogP contribution in [0.1, 0.15) is 0 Å². The zero-order valence-electron chi connectivity index (χ0n) is 3.05. The van der Waals surface area contributed by atoms with E-state index in [9.17, 15) is 0 Å². The third-order valence-corrected chi connectivity index (χ3v) is 0.395. The summed E-state index contributed by atoms with van der Waals surface area (Å²) in [5.74, 6) is 0. The van der Waals surface area contributed by atoms with Crippen LogP contribution >= 0.6 is 0 Å². The van der Waals surface area contributed by atoms with Gasteiger partial charge in [0.15, 0.2) is 0 Å². The second-order valence-electron chi connectivity index (χ2n) is 0.780. The molecule has 1 aliphatic rings. The van der Waals surface area contributed by atoms with Crippen molar-refractivity contribution in [1.29, 1.82) is 0 Å². The molecule has 6 heavy (non-hydrogen) atoms. The molecule has 0 aliphatic carbocycles. The molecular formula is C2H4N4. The first-order valence-corrected chi connectivity index (χ1v) is 1.55. The summed E-state index contributed by atoms with van der Waals surface area (Å²) < 4.78 is 0. The first-order valence-electron chi connectivity index (χ1n) is 1.55. The summed E-state index contributed by atoms with van der Waals surface area (Å²) in [6.07, 6.45) is 3.10. The van der Waals surface area contributed by atoms with Gasteiger partial charge in [-0.1, -0.05) is 0 Å². The van der Waals surface area contributed by atoms with Crippen LogP contribution in [0.3, 0.4) is 0 Å². The summed E-state index contributed by atoms with van der Waals surface area (Å²) in [5.41, 5.74) is 4.81. The maximum atomic E-state index is 3.54. The van der Waals surface area contributed by atoms with Crippen molar-refractivity contribution in [2.24, 2.45) is 10.2 Å². The molecule has 0 aromatic rings. The minimum Gasteiger partial charge on any atom is -0.205 e. The summed E-state index contributed by atoms with van der Waals surface area (Å²) in [6.45, 7) is 0. The van der Waals surface area contributed by atoms with Crippen molar-refractivity contribution in [1.82, 2.24) is 11.1 Å². The number of hydrogen-bond acceptors (Lipinski definition) is 4. The van der Waals surface area contributed by atoms with E-state index in [2.05, 4.69) is 21.3 Å². The van der Waals surface area contributed by atoms with Crippen molar-refractivity contribution in [3.8, 4) is 0 Å². The number of hydrogen-bond donors (Lipinski definition) is 2. The molecule has 0 atom stereocenters. The molecule has 32 valence electrons. The fourth-order valence-corrected chi connectivity index (χ4v) is 0.199. The lowest BCUT2D eigenvalue weighted by Crippen LogP contribution is -2.24. The Balaban J connectivity index is 2.46. The van der Waals surface area contributed by atoms with Crippen LogP contribution in [0.4, 0.5) is 0 Å². The molecular weight excluding hydrogens is 80.0 g/mol. The van der Waals surface area contributed by atoms with Gasteiger partial charge in [0.1, 0.15) is 0 Å². The second kappa shape index (κ2) is 1.40. The maximum absolute atomic E-state index is 3.54. The molecule has 0 aromatic carbocycles. The normalized spacial score (nSPS) is 16.0. The van der Waals surface area contributed by atoms with Crippen LogP contribution in [0.25, 0.3) is 0 Å². The first kappa shape index (κ1) is 3.14. The molecule has 0 amide bonds. The summed E-state index contributed by atoms with van der Waals surface area (Å²) >= 11 is 0. The van der Waals surface area contributed by atoms with Gasteiger partial charge in [0.05, 0.1) is 12.4 Å². The van der Waals surface area contributed by atoms with Crippen LogP contribution in [-0.2, 0) is 0 Å². The number of hydrazone groups is 2. The van der Waals surface area contributed by atoms with Gasteiger partial charge in [0.25, 0.3) is 0 Å². The van der Waals surface area contributed by atoms with Gasteiger partial charge in [0, 0.05) is 0 Å². The fraction of sp³-hybridized carbons (Fsp3) is 0. The van der Waals surface area contributed by atoms with E-state index in [1.54, 1.807) is 12.4 Å². The van der Waals surface area contributed by atoms with E-state index >= 15 is 0 Å². The van der Waals surface area contributed by atoms with Gasteiger partial charge >= 0.3 is 0 Å². The predicted molar refractivity (Wildman–Crippen MR) is 23.3 cm³/mol. The lowest BCUT2D eigenvalue weighted by Gasteiger charge is -1.96. The molecule has 1 aliphatic heterocycles. The monoisotopic (exact) mass is 84.0 g/mol. The molecule has 2 N–H and O–H groups in total. The van der Waals surface area contributed by atoms with E-state index in [4.69, 9.17) is 0 Å². The molecule has 4 heteroatoms. The summed E-state index contributed by atoms with van der Waals surface area (Å²) in [5, 5.41) is 7.08. The average molecular weight is 84.1 g/mol. The molecule has 0 fully saturated rings. The van der Waals surface area contributed by atoms with Crippen molar-refractivity contribution in [2.75, 3.05) is 0 Å². The molecule has 4 nitrogen and oxygen atoms in total. The largest absolute Gasteiger partial charge is 0.205 e. The Morgan fingerprint density at radius 1 is 1.00 bits per heavy atom. The molecule has 0 radical (unpaired) electrons. The van der Waals surface area contributed by atoms with Gasteiger partial charge < -0.3 is 0 Å². The topological polar surface area (TPSA) is 48.8 Å². The molecule has 0 unspecified atom stereocenters. The fourth-order valence-electron chi connectivity index (χ4n) is 0.199. The van der Waals surface area contributed by atoms with Crippen molar-refractivity contribution < 1.29 is 0 Å². The lowest BCUT2D eigenvalue weighted by molar-refractivity contribution is 0.585. The quantitative estimate of drug-likeness (QED) is 0.398. The Hall–Kier alpha value is -1.06. The zero-order chi connectivity index (χ0) is 4.24. The molecule has 0 bridgehead atoms. The average Bonchev–Trinajstić information content (AvgIpc) is 1.72. The van der Waals surface area contributed by atoms with E-state index in [0.29, 0.717) is 0 Å². The first-order chi connectivity index (χ1) is 3.00.